The highest BCUT2D eigenvalue weighted by molar-refractivity contribution is 7.89. The van der Waals surface area contributed by atoms with Gasteiger partial charge in [-0.25, -0.2) is 8.42 Å². The van der Waals surface area contributed by atoms with E-state index in [0.717, 1.165) is 11.1 Å². The van der Waals surface area contributed by atoms with Crippen molar-refractivity contribution in [1.29, 1.82) is 0 Å². The molecule has 6 heteroatoms. The Kier molecular flexibility index (Phi) is 8.25. The van der Waals surface area contributed by atoms with Gasteiger partial charge in [-0.2, -0.15) is 4.31 Å². The summed E-state index contributed by atoms with van der Waals surface area (Å²) in [5, 5.41) is 17.9. The van der Waals surface area contributed by atoms with Crippen LogP contribution in [0.4, 0.5) is 0 Å². The number of sulfonamides is 1. The van der Waals surface area contributed by atoms with Crippen molar-refractivity contribution in [2.45, 2.75) is 30.6 Å². The van der Waals surface area contributed by atoms with E-state index in [1.165, 1.54) is 4.31 Å². The van der Waals surface area contributed by atoms with E-state index in [2.05, 4.69) is 0 Å². The predicted molar refractivity (Wildman–Crippen MR) is 103 cm³/mol. The smallest absolute Gasteiger partial charge is 0.243 e. The monoisotopic (exact) mass is 377 g/mol. The second kappa shape index (κ2) is 10.4. The SMILES string of the molecule is O=S(=O)(c1ccc(-c2ccccc2)cc1)N(CCCCO)CCCCO. The van der Waals surface area contributed by atoms with Crippen LogP contribution in [-0.4, -0.2) is 49.2 Å². The van der Waals surface area contributed by atoms with Gasteiger partial charge in [0, 0.05) is 26.3 Å². The van der Waals surface area contributed by atoms with Gasteiger partial charge in [-0.05, 0) is 48.9 Å². The molecule has 0 aliphatic carbocycles. The van der Waals surface area contributed by atoms with E-state index in [-0.39, 0.29) is 18.1 Å². The highest BCUT2D eigenvalue weighted by Gasteiger charge is 2.23. The van der Waals surface area contributed by atoms with Crippen LogP contribution in [0.3, 0.4) is 0 Å². The minimum absolute atomic E-state index is 0.0519. The van der Waals surface area contributed by atoms with Gasteiger partial charge in [0.15, 0.2) is 0 Å². The van der Waals surface area contributed by atoms with Crippen LogP contribution >= 0.6 is 0 Å². The molecule has 0 heterocycles. The van der Waals surface area contributed by atoms with Crippen LogP contribution in [0, 0.1) is 0 Å². The molecule has 0 bridgehead atoms. The maximum Gasteiger partial charge on any atom is 0.243 e. The summed E-state index contributed by atoms with van der Waals surface area (Å²) in [6, 6.07) is 16.7. The normalized spacial score (nSPS) is 11.8. The molecule has 0 aliphatic rings. The zero-order chi connectivity index (χ0) is 18.8. The molecule has 0 fully saturated rings. The Morgan fingerprint density at radius 1 is 0.692 bits per heavy atom. The predicted octanol–water partition coefficient (Wildman–Crippen LogP) is 2.89. The van der Waals surface area contributed by atoms with Gasteiger partial charge in [0.1, 0.15) is 0 Å². The van der Waals surface area contributed by atoms with Crippen LogP contribution in [0.25, 0.3) is 11.1 Å². The van der Waals surface area contributed by atoms with E-state index in [1.54, 1.807) is 12.1 Å². The Balaban J connectivity index is 2.17. The lowest BCUT2D eigenvalue weighted by Gasteiger charge is -2.22. The number of rotatable bonds is 11. The average molecular weight is 378 g/mol. The first kappa shape index (κ1) is 20.6. The summed E-state index contributed by atoms with van der Waals surface area (Å²) < 4.78 is 27.4. The summed E-state index contributed by atoms with van der Waals surface area (Å²) in [5.74, 6) is 0. The minimum Gasteiger partial charge on any atom is -0.396 e. The summed E-state index contributed by atoms with van der Waals surface area (Å²) in [6.45, 7) is 0.843. The number of nitrogens with zero attached hydrogens (tertiary/aromatic N) is 1. The number of aliphatic hydroxyl groups is 2. The third-order valence-electron chi connectivity index (χ3n) is 4.23. The largest absolute Gasteiger partial charge is 0.396 e. The summed E-state index contributed by atoms with van der Waals surface area (Å²) in [5.41, 5.74) is 2.01. The molecular formula is C20H27NO4S. The standard InChI is InChI=1S/C20H27NO4S/c22-16-6-4-14-21(15-5-7-17-23)26(24,25)20-12-10-19(11-13-20)18-8-2-1-3-9-18/h1-3,8-13,22-23H,4-7,14-17H2. The van der Waals surface area contributed by atoms with Crippen molar-refractivity contribution in [1.82, 2.24) is 4.31 Å². The summed E-state index contributed by atoms with van der Waals surface area (Å²) >= 11 is 0. The van der Waals surface area contributed by atoms with Crippen molar-refractivity contribution in [3.63, 3.8) is 0 Å². The number of unbranched alkanes of at least 4 members (excludes halogenated alkanes) is 2. The molecule has 0 saturated carbocycles. The van der Waals surface area contributed by atoms with Crippen molar-refractivity contribution in [3.8, 4) is 11.1 Å². The van der Waals surface area contributed by atoms with E-state index in [4.69, 9.17) is 10.2 Å². The maximum atomic E-state index is 13.0. The fraction of sp³-hybridized carbons (Fsp3) is 0.400. The third-order valence-corrected chi connectivity index (χ3v) is 6.14. The van der Waals surface area contributed by atoms with Crippen molar-refractivity contribution >= 4 is 10.0 Å². The van der Waals surface area contributed by atoms with Crippen LogP contribution in [0.2, 0.25) is 0 Å². The van der Waals surface area contributed by atoms with Gasteiger partial charge in [0.2, 0.25) is 10.0 Å². The second-order valence-corrected chi connectivity index (χ2v) is 8.09. The van der Waals surface area contributed by atoms with Gasteiger partial charge in [-0.15, -0.1) is 0 Å². The molecule has 0 amide bonds. The molecule has 2 aromatic carbocycles. The number of hydrogen-bond acceptors (Lipinski definition) is 4. The quantitative estimate of drug-likeness (QED) is 0.590. The molecule has 2 N–H and O–H groups in total. The Morgan fingerprint density at radius 2 is 1.19 bits per heavy atom. The lowest BCUT2D eigenvalue weighted by atomic mass is 10.1. The van der Waals surface area contributed by atoms with Gasteiger partial charge in [0.05, 0.1) is 4.90 Å². The second-order valence-electron chi connectivity index (χ2n) is 6.16. The number of aliphatic hydroxyl groups excluding tert-OH is 2. The maximum absolute atomic E-state index is 13.0. The molecule has 0 aromatic heterocycles. The summed E-state index contributed by atoms with van der Waals surface area (Å²) in [7, 11) is -3.59. The molecule has 0 spiro atoms. The van der Waals surface area contributed by atoms with Crippen molar-refractivity contribution < 1.29 is 18.6 Å². The van der Waals surface area contributed by atoms with E-state index in [1.807, 2.05) is 42.5 Å². The van der Waals surface area contributed by atoms with Crippen LogP contribution in [0.5, 0.6) is 0 Å². The van der Waals surface area contributed by atoms with Crippen molar-refractivity contribution in [3.05, 3.63) is 54.6 Å². The van der Waals surface area contributed by atoms with Gasteiger partial charge in [0.25, 0.3) is 0 Å². The number of hydrogen-bond donors (Lipinski definition) is 2. The molecule has 5 nitrogen and oxygen atoms in total. The first-order valence-corrected chi connectivity index (χ1v) is 10.4. The Morgan fingerprint density at radius 3 is 1.69 bits per heavy atom. The lowest BCUT2D eigenvalue weighted by molar-refractivity contribution is 0.266. The van der Waals surface area contributed by atoms with Crippen LogP contribution < -0.4 is 0 Å². The third kappa shape index (κ3) is 5.64. The molecule has 0 unspecified atom stereocenters. The molecular weight excluding hydrogens is 350 g/mol. The van der Waals surface area contributed by atoms with Gasteiger partial charge < -0.3 is 10.2 Å². The molecule has 0 atom stereocenters. The molecule has 2 rings (SSSR count). The number of benzene rings is 2. The summed E-state index contributed by atoms with van der Waals surface area (Å²) in [4.78, 5) is 0.269. The fourth-order valence-corrected chi connectivity index (χ4v) is 4.27. The zero-order valence-corrected chi connectivity index (χ0v) is 15.7. The van der Waals surface area contributed by atoms with Crippen LogP contribution in [0.15, 0.2) is 59.5 Å². The summed E-state index contributed by atoms with van der Waals surface area (Å²) in [6.07, 6.45) is 2.35. The topological polar surface area (TPSA) is 77.8 Å². The molecule has 0 aliphatic heterocycles. The molecule has 2 aromatic rings. The van der Waals surface area contributed by atoms with E-state index in [0.29, 0.717) is 38.8 Å². The Hall–Kier alpha value is -1.73. The van der Waals surface area contributed by atoms with E-state index >= 15 is 0 Å². The van der Waals surface area contributed by atoms with Crippen molar-refractivity contribution in [2.24, 2.45) is 0 Å². The molecule has 0 radical (unpaired) electrons. The molecule has 142 valence electrons. The molecule has 0 saturated heterocycles. The average Bonchev–Trinajstić information content (AvgIpc) is 2.68. The first-order valence-electron chi connectivity index (χ1n) is 8.97. The zero-order valence-electron chi connectivity index (χ0n) is 14.9. The lowest BCUT2D eigenvalue weighted by Crippen LogP contribution is -2.33. The highest BCUT2D eigenvalue weighted by Crippen LogP contribution is 2.23. The minimum atomic E-state index is -3.59. The van der Waals surface area contributed by atoms with Gasteiger partial charge >= 0.3 is 0 Å². The fourth-order valence-electron chi connectivity index (χ4n) is 2.75. The van der Waals surface area contributed by atoms with Crippen LogP contribution in [-0.2, 0) is 10.0 Å². The van der Waals surface area contributed by atoms with Gasteiger partial charge in [-0.1, -0.05) is 42.5 Å². The Bertz CT molecular complexity index is 735. The Labute approximate surface area is 156 Å². The van der Waals surface area contributed by atoms with E-state index in [9.17, 15) is 8.42 Å². The van der Waals surface area contributed by atoms with Crippen LogP contribution in [0.1, 0.15) is 25.7 Å². The van der Waals surface area contributed by atoms with Crippen molar-refractivity contribution in [2.75, 3.05) is 26.3 Å². The van der Waals surface area contributed by atoms with Gasteiger partial charge in [-0.3, -0.25) is 0 Å². The first-order chi connectivity index (χ1) is 12.6. The highest BCUT2D eigenvalue weighted by atomic mass is 32.2. The van der Waals surface area contributed by atoms with E-state index < -0.39 is 10.0 Å². The molecule has 26 heavy (non-hydrogen) atoms.